The fraction of sp³-hybridized carbons (Fsp3) is 0.412. The Balaban J connectivity index is 2.11. The van der Waals surface area contributed by atoms with E-state index in [9.17, 15) is 8.42 Å². The minimum Gasteiger partial charge on any atom is -0.478 e. The predicted octanol–water partition coefficient (Wildman–Crippen LogP) is 3.06. The SMILES string of the molecule is CCOc1cc(OCC)nc(COS(=O)(=O)Cc2ccccc2CCl)n1. The molecule has 1 aromatic heterocycles. The van der Waals surface area contributed by atoms with E-state index >= 15 is 0 Å². The summed E-state index contributed by atoms with van der Waals surface area (Å²) in [5.74, 6) is 0.708. The molecule has 0 unspecified atom stereocenters. The molecule has 2 aromatic rings. The topological polar surface area (TPSA) is 87.6 Å². The Bertz CT molecular complexity index is 805. The normalized spacial score (nSPS) is 11.3. The Hall–Kier alpha value is -1.90. The van der Waals surface area contributed by atoms with Crippen molar-refractivity contribution in [1.82, 2.24) is 9.97 Å². The summed E-state index contributed by atoms with van der Waals surface area (Å²) in [5, 5.41) is 0. The monoisotopic (exact) mass is 400 g/mol. The van der Waals surface area contributed by atoms with Crippen molar-refractivity contribution in [3.8, 4) is 11.8 Å². The molecule has 0 saturated heterocycles. The first-order valence-corrected chi connectivity index (χ1v) is 10.2. The van der Waals surface area contributed by atoms with Crippen LogP contribution in [0.15, 0.2) is 30.3 Å². The molecule has 0 radical (unpaired) electrons. The van der Waals surface area contributed by atoms with Gasteiger partial charge in [-0.1, -0.05) is 24.3 Å². The third-order valence-corrected chi connectivity index (χ3v) is 4.70. The lowest BCUT2D eigenvalue weighted by Crippen LogP contribution is -2.12. The zero-order valence-corrected chi connectivity index (χ0v) is 16.2. The molecule has 0 saturated carbocycles. The van der Waals surface area contributed by atoms with E-state index in [1.54, 1.807) is 30.3 Å². The van der Waals surface area contributed by atoms with Crippen LogP contribution in [0.3, 0.4) is 0 Å². The van der Waals surface area contributed by atoms with Crippen LogP contribution in [-0.2, 0) is 32.5 Å². The molecule has 0 aliphatic heterocycles. The van der Waals surface area contributed by atoms with Gasteiger partial charge in [0.1, 0.15) is 12.4 Å². The molecule has 0 N–H and O–H groups in total. The van der Waals surface area contributed by atoms with Crippen LogP contribution in [0.25, 0.3) is 0 Å². The van der Waals surface area contributed by atoms with Gasteiger partial charge in [-0.2, -0.15) is 18.4 Å². The van der Waals surface area contributed by atoms with Crippen molar-refractivity contribution in [2.45, 2.75) is 32.1 Å². The van der Waals surface area contributed by atoms with Gasteiger partial charge in [-0.3, -0.25) is 4.18 Å². The molecule has 142 valence electrons. The summed E-state index contributed by atoms with van der Waals surface area (Å²) in [6.07, 6.45) is 0. The molecule has 1 aromatic carbocycles. The van der Waals surface area contributed by atoms with Crippen LogP contribution in [0.5, 0.6) is 11.8 Å². The zero-order chi connectivity index (χ0) is 19.0. The fourth-order valence-electron chi connectivity index (χ4n) is 2.16. The van der Waals surface area contributed by atoms with Crippen molar-refractivity contribution in [2.24, 2.45) is 0 Å². The van der Waals surface area contributed by atoms with E-state index in [0.717, 1.165) is 5.56 Å². The number of benzene rings is 1. The van der Waals surface area contributed by atoms with Crippen LogP contribution < -0.4 is 9.47 Å². The van der Waals surface area contributed by atoms with Crippen molar-refractivity contribution >= 4 is 21.7 Å². The summed E-state index contributed by atoms with van der Waals surface area (Å²) in [6, 6.07) is 8.58. The van der Waals surface area contributed by atoms with Crippen molar-refractivity contribution in [3.63, 3.8) is 0 Å². The van der Waals surface area contributed by atoms with E-state index in [1.165, 1.54) is 0 Å². The summed E-state index contributed by atoms with van der Waals surface area (Å²) in [4.78, 5) is 8.25. The lowest BCUT2D eigenvalue weighted by atomic mass is 10.1. The van der Waals surface area contributed by atoms with E-state index in [0.29, 0.717) is 30.5 Å². The first-order valence-electron chi connectivity index (χ1n) is 8.10. The summed E-state index contributed by atoms with van der Waals surface area (Å²) >= 11 is 5.84. The van der Waals surface area contributed by atoms with Gasteiger partial charge in [0.2, 0.25) is 11.8 Å². The quantitative estimate of drug-likeness (QED) is 0.447. The van der Waals surface area contributed by atoms with Crippen LogP contribution in [-0.4, -0.2) is 31.6 Å². The molecule has 0 amide bonds. The van der Waals surface area contributed by atoms with E-state index in [4.69, 9.17) is 25.3 Å². The van der Waals surface area contributed by atoms with Gasteiger partial charge >= 0.3 is 0 Å². The summed E-state index contributed by atoms with van der Waals surface area (Å²) < 4.78 is 40.3. The molecular formula is C17H21ClN2O5S. The molecule has 0 fully saturated rings. The van der Waals surface area contributed by atoms with E-state index in [1.807, 2.05) is 13.8 Å². The third-order valence-electron chi connectivity index (χ3n) is 3.27. The molecule has 0 bridgehead atoms. The minimum atomic E-state index is -3.84. The minimum absolute atomic E-state index is 0.161. The van der Waals surface area contributed by atoms with Gasteiger partial charge in [0.05, 0.1) is 19.3 Å². The maximum Gasteiger partial charge on any atom is 0.271 e. The lowest BCUT2D eigenvalue weighted by molar-refractivity contribution is 0.275. The second kappa shape index (κ2) is 9.70. The Morgan fingerprint density at radius 2 is 1.58 bits per heavy atom. The van der Waals surface area contributed by atoms with Gasteiger partial charge < -0.3 is 9.47 Å². The lowest BCUT2D eigenvalue weighted by Gasteiger charge is -2.10. The number of rotatable bonds is 10. The van der Waals surface area contributed by atoms with Gasteiger partial charge in [0.15, 0.2) is 5.82 Å². The van der Waals surface area contributed by atoms with Gasteiger partial charge in [-0.05, 0) is 25.0 Å². The summed E-state index contributed by atoms with van der Waals surface area (Å²) in [7, 11) is -3.84. The largest absolute Gasteiger partial charge is 0.478 e. The van der Waals surface area contributed by atoms with E-state index in [-0.39, 0.29) is 24.1 Å². The number of alkyl halides is 1. The number of hydrogen-bond acceptors (Lipinski definition) is 7. The molecule has 0 atom stereocenters. The van der Waals surface area contributed by atoms with E-state index < -0.39 is 10.1 Å². The molecule has 0 aliphatic rings. The van der Waals surface area contributed by atoms with Crippen LogP contribution in [0.1, 0.15) is 30.8 Å². The summed E-state index contributed by atoms with van der Waals surface area (Å²) in [6.45, 7) is 4.15. The fourth-order valence-corrected chi connectivity index (χ4v) is 3.45. The Morgan fingerprint density at radius 3 is 2.12 bits per heavy atom. The van der Waals surface area contributed by atoms with Crippen molar-refractivity contribution in [3.05, 3.63) is 47.3 Å². The molecule has 9 heteroatoms. The molecule has 0 spiro atoms. The molecule has 2 rings (SSSR count). The number of halogens is 1. The van der Waals surface area contributed by atoms with Gasteiger partial charge in [0.25, 0.3) is 10.1 Å². The van der Waals surface area contributed by atoms with Crippen LogP contribution >= 0.6 is 11.6 Å². The zero-order valence-electron chi connectivity index (χ0n) is 14.6. The Morgan fingerprint density at radius 1 is 1.00 bits per heavy atom. The Labute approximate surface area is 158 Å². The van der Waals surface area contributed by atoms with Crippen LogP contribution in [0.2, 0.25) is 0 Å². The second-order valence-electron chi connectivity index (χ2n) is 5.19. The molecule has 7 nitrogen and oxygen atoms in total. The standard InChI is InChI=1S/C17H21ClN2O5S/c1-3-23-16-9-17(24-4-2)20-15(19-16)11-25-26(21,22)12-14-8-6-5-7-13(14)10-18/h5-9H,3-4,10-12H2,1-2H3. The van der Waals surface area contributed by atoms with Gasteiger partial charge in [-0.15, -0.1) is 11.6 Å². The van der Waals surface area contributed by atoms with Crippen molar-refractivity contribution in [2.75, 3.05) is 13.2 Å². The van der Waals surface area contributed by atoms with Gasteiger partial charge in [0, 0.05) is 5.88 Å². The number of hydrogen-bond donors (Lipinski definition) is 0. The maximum absolute atomic E-state index is 12.3. The first kappa shape index (κ1) is 20.4. The first-order chi connectivity index (χ1) is 12.5. The molecule has 0 aliphatic carbocycles. The average molecular weight is 401 g/mol. The highest BCUT2D eigenvalue weighted by atomic mass is 35.5. The summed E-state index contributed by atoms with van der Waals surface area (Å²) in [5.41, 5.74) is 1.34. The Kier molecular flexibility index (Phi) is 7.62. The predicted molar refractivity (Wildman–Crippen MR) is 97.8 cm³/mol. The van der Waals surface area contributed by atoms with Crippen molar-refractivity contribution < 1.29 is 22.1 Å². The number of nitrogens with zero attached hydrogens (tertiary/aromatic N) is 2. The van der Waals surface area contributed by atoms with Gasteiger partial charge in [-0.25, -0.2) is 0 Å². The molecule has 1 heterocycles. The van der Waals surface area contributed by atoms with Crippen LogP contribution in [0, 0.1) is 0 Å². The second-order valence-corrected chi connectivity index (χ2v) is 7.10. The van der Waals surface area contributed by atoms with Crippen LogP contribution in [0.4, 0.5) is 0 Å². The highest BCUT2D eigenvalue weighted by Crippen LogP contribution is 2.19. The highest BCUT2D eigenvalue weighted by molar-refractivity contribution is 7.85. The van der Waals surface area contributed by atoms with Crippen molar-refractivity contribution in [1.29, 1.82) is 0 Å². The number of ether oxygens (including phenoxy) is 2. The maximum atomic E-state index is 12.3. The third kappa shape index (κ3) is 6.12. The molecule has 26 heavy (non-hydrogen) atoms. The van der Waals surface area contributed by atoms with E-state index in [2.05, 4.69) is 9.97 Å². The number of aromatic nitrogens is 2. The highest BCUT2D eigenvalue weighted by Gasteiger charge is 2.17. The average Bonchev–Trinajstić information content (AvgIpc) is 2.61. The smallest absolute Gasteiger partial charge is 0.271 e. The molecular weight excluding hydrogens is 380 g/mol.